The Labute approximate surface area is 103 Å². The summed E-state index contributed by atoms with van der Waals surface area (Å²) < 4.78 is 10.7. The average molecular weight is 235 g/mol. The van der Waals surface area contributed by atoms with Crippen molar-refractivity contribution in [1.82, 2.24) is 4.90 Å². The molecule has 0 spiro atoms. The van der Waals surface area contributed by atoms with Crippen molar-refractivity contribution in [2.24, 2.45) is 0 Å². The van der Waals surface area contributed by atoms with E-state index in [0.29, 0.717) is 12.1 Å². The number of hydrogen-bond acceptors (Lipinski definition) is 3. The van der Waals surface area contributed by atoms with Gasteiger partial charge in [0.25, 0.3) is 0 Å². The normalized spacial score (nSPS) is 25.3. The molecular formula is C14H21NO2. The van der Waals surface area contributed by atoms with Crippen LogP contribution < -0.4 is 0 Å². The Morgan fingerprint density at radius 1 is 1.24 bits per heavy atom. The lowest BCUT2D eigenvalue weighted by atomic mass is 10.2. The maximum Gasteiger partial charge on any atom is 0.0714 e. The van der Waals surface area contributed by atoms with Gasteiger partial charge in [-0.1, -0.05) is 30.3 Å². The number of likely N-dealkylation sites (tertiary alicyclic amines) is 1. The molecule has 94 valence electrons. The monoisotopic (exact) mass is 235 g/mol. The molecule has 0 aromatic heterocycles. The molecule has 1 aromatic carbocycles. The van der Waals surface area contributed by atoms with Gasteiger partial charge in [-0.05, 0) is 12.0 Å². The van der Waals surface area contributed by atoms with E-state index in [1.54, 1.807) is 14.2 Å². The second-order valence-electron chi connectivity index (χ2n) is 4.62. The Hall–Kier alpha value is -0.900. The summed E-state index contributed by atoms with van der Waals surface area (Å²) >= 11 is 0. The molecule has 3 nitrogen and oxygen atoms in total. The van der Waals surface area contributed by atoms with E-state index in [-0.39, 0.29) is 0 Å². The fraction of sp³-hybridized carbons (Fsp3) is 0.571. The summed E-state index contributed by atoms with van der Waals surface area (Å²) in [6.07, 6.45) is 1.41. The molecule has 1 fully saturated rings. The van der Waals surface area contributed by atoms with Gasteiger partial charge < -0.3 is 9.47 Å². The van der Waals surface area contributed by atoms with Crippen LogP contribution in [0, 0.1) is 0 Å². The highest BCUT2D eigenvalue weighted by molar-refractivity contribution is 5.15. The van der Waals surface area contributed by atoms with Gasteiger partial charge in [-0.3, -0.25) is 4.90 Å². The third kappa shape index (κ3) is 3.28. The van der Waals surface area contributed by atoms with Gasteiger partial charge >= 0.3 is 0 Å². The van der Waals surface area contributed by atoms with Crippen LogP contribution in [0.5, 0.6) is 0 Å². The predicted molar refractivity (Wildman–Crippen MR) is 67.9 cm³/mol. The van der Waals surface area contributed by atoms with Crippen molar-refractivity contribution >= 4 is 0 Å². The van der Waals surface area contributed by atoms with Crippen LogP contribution in [0.15, 0.2) is 30.3 Å². The second-order valence-corrected chi connectivity index (χ2v) is 4.62. The highest BCUT2D eigenvalue weighted by Crippen LogP contribution is 2.22. The van der Waals surface area contributed by atoms with Gasteiger partial charge in [-0.15, -0.1) is 0 Å². The maximum absolute atomic E-state index is 5.46. The first kappa shape index (κ1) is 12.6. The summed E-state index contributed by atoms with van der Waals surface area (Å²) in [7, 11) is 3.56. The molecule has 1 aliphatic heterocycles. The number of hydrogen-bond donors (Lipinski definition) is 0. The Morgan fingerprint density at radius 3 is 2.65 bits per heavy atom. The van der Waals surface area contributed by atoms with Gasteiger partial charge in [0, 0.05) is 33.4 Å². The highest BCUT2D eigenvalue weighted by Gasteiger charge is 2.31. The average Bonchev–Trinajstić information content (AvgIpc) is 2.74. The van der Waals surface area contributed by atoms with E-state index in [2.05, 4.69) is 35.2 Å². The molecule has 0 radical (unpaired) electrons. The fourth-order valence-electron chi connectivity index (χ4n) is 2.49. The first-order valence-electron chi connectivity index (χ1n) is 6.13. The SMILES string of the molecule is COC[C@@H]1C[C@@H](OC)CN1Cc1ccccc1. The molecule has 1 aliphatic rings. The van der Waals surface area contributed by atoms with Crippen molar-refractivity contribution in [2.75, 3.05) is 27.4 Å². The molecule has 2 atom stereocenters. The number of rotatable bonds is 5. The molecule has 1 heterocycles. The number of nitrogens with zero attached hydrogens (tertiary/aromatic N) is 1. The molecule has 0 unspecified atom stereocenters. The molecule has 0 aliphatic carbocycles. The van der Waals surface area contributed by atoms with Crippen LogP contribution in [0.4, 0.5) is 0 Å². The number of benzene rings is 1. The van der Waals surface area contributed by atoms with E-state index in [1.165, 1.54) is 5.56 Å². The Morgan fingerprint density at radius 2 is 2.00 bits per heavy atom. The molecule has 1 aromatic rings. The van der Waals surface area contributed by atoms with Crippen LogP contribution in [0.1, 0.15) is 12.0 Å². The smallest absolute Gasteiger partial charge is 0.0714 e. The first-order valence-corrected chi connectivity index (χ1v) is 6.13. The lowest BCUT2D eigenvalue weighted by Crippen LogP contribution is -2.32. The minimum absolute atomic E-state index is 0.346. The standard InChI is InChI=1S/C14H21NO2/c1-16-11-13-8-14(17-2)10-15(13)9-12-6-4-3-5-7-12/h3-7,13-14H,8-11H2,1-2H3/t13-,14+/m0/s1. The van der Waals surface area contributed by atoms with Crippen LogP contribution in [-0.4, -0.2) is 44.4 Å². The molecule has 17 heavy (non-hydrogen) atoms. The minimum atomic E-state index is 0.346. The Kier molecular flexibility index (Phi) is 4.54. The highest BCUT2D eigenvalue weighted by atomic mass is 16.5. The summed E-state index contributed by atoms with van der Waals surface area (Å²) in [4.78, 5) is 2.45. The van der Waals surface area contributed by atoms with E-state index in [1.807, 2.05) is 0 Å². The second kappa shape index (κ2) is 6.15. The van der Waals surface area contributed by atoms with Gasteiger partial charge in [0.2, 0.25) is 0 Å². The summed E-state index contributed by atoms with van der Waals surface area (Å²) in [6.45, 7) is 2.76. The quantitative estimate of drug-likeness (QED) is 0.778. The molecule has 0 amide bonds. The predicted octanol–water partition coefficient (Wildman–Crippen LogP) is 1.92. The van der Waals surface area contributed by atoms with Gasteiger partial charge in [-0.25, -0.2) is 0 Å². The Balaban J connectivity index is 1.98. The number of methoxy groups -OCH3 is 2. The van der Waals surface area contributed by atoms with Gasteiger partial charge in [0.05, 0.1) is 12.7 Å². The van der Waals surface area contributed by atoms with Crippen LogP contribution in [0.25, 0.3) is 0 Å². The van der Waals surface area contributed by atoms with Crippen LogP contribution >= 0.6 is 0 Å². The topological polar surface area (TPSA) is 21.7 Å². The summed E-state index contributed by atoms with van der Waals surface area (Å²) in [5.74, 6) is 0. The van der Waals surface area contributed by atoms with Crippen molar-refractivity contribution < 1.29 is 9.47 Å². The van der Waals surface area contributed by atoms with Crippen LogP contribution in [0.2, 0.25) is 0 Å². The third-order valence-corrected chi connectivity index (χ3v) is 3.41. The zero-order valence-electron chi connectivity index (χ0n) is 10.6. The third-order valence-electron chi connectivity index (χ3n) is 3.41. The van der Waals surface area contributed by atoms with Crippen LogP contribution in [0.3, 0.4) is 0 Å². The molecule has 3 heteroatoms. The zero-order valence-corrected chi connectivity index (χ0v) is 10.6. The minimum Gasteiger partial charge on any atom is -0.383 e. The van der Waals surface area contributed by atoms with Gasteiger partial charge in [0.1, 0.15) is 0 Å². The maximum atomic E-state index is 5.46. The molecule has 1 saturated heterocycles. The van der Waals surface area contributed by atoms with E-state index < -0.39 is 0 Å². The summed E-state index contributed by atoms with van der Waals surface area (Å²) in [5.41, 5.74) is 1.35. The first-order chi connectivity index (χ1) is 8.33. The Bertz CT molecular complexity index is 328. The molecule has 0 saturated carbocycles. The molecule has 2 rings (SSSR count). The van der Waals surface area contributed by atoms with Crippen molar-refractivity contribution in [1.29, 1.82) is 0 Å². The van der Waals surface area contributed by atoms with Crippen molar-refractivity contribution in [3.63, 3.8) is 0 Å². The fourth-order valence-corrected chi connectivity index (χ4v) is 2.49. The summed E-state index contributed by atoms with van der Waals surface area (Å²) in [6, 6.07) is 11.0. The number of ether oxygens (including phenoxy) is 2. The summed E-state index contributed by atoms with van der Waals surface area (Å²) in [5, 5.41) is 0. The molecular weight excluding hydrogens is 214 g/mol. The van der Waals surface area contributed by atoms with E-state index in [4.69, 9.17) is 9.47 Å². The molecule has 0 N–H and O–H groups in total. The van der Waals surface area contributed by atoms with Crippen molar-refractivity contribution in [3.05, 3.63) is 35.9 Å². The molecule has 0 bridgehead atoms. The largest absolute Gasteiger partial charge is 0.383 e. The van der Waals surface area contributed by atoms with E-state index in [9.17, 15) is 0 Å². The lowest BCUT2D eigenvalue weighted by molar-refractivity contribution is 0.106. The zero-order chi connectivity index (χ0) is 12.1. The van der Waals surface area contributed by atoms with Crippen molar-refractivity contribution in [3.8, 4) is 0 Å². The van der Waals surface area contributed by atoms with Crippen LogP contribution in [-0.2, 0) is 16.0 Å². The van der Waals surface area contributed by atoms with Crippen molar-refractivity contribution in [2.45, 2.75) is 25.1 Å². The lowest BCUT2D eigenvalue weighted by Gasteiger charge is -2.23. The van der Waals surface area contributed by atoms with E-state index >= 15 is 0 Å². The van der Waals surface area contributed by atoms with Gasteiger partial charge in [0.15, 0.2) is 0 Å². The van der Waals surface area contributed by atoms with E-state index in [0.717, 1.165) is 26.1 Å². The van der Waals surface area contributed by atoms with Gasteiger partial charge in [-0.2, -0.15) is 0 Å².